The molecule has 2 fully saturated rings. The van der Waals surface area contributed by atoms with Crippen LogP contribution in [0.3, 0.4) is 0 Å². The number of hydrogen-bond donors (Lipinski definition) is 0. The Bertz CT molecular complexity index is 954. The van der Waals surface area contributed by atoms with Crippen molar-refractivity contribution in [2.24, 2.45) is 0 Å². The number of likely N-dealkylation sites (tertiary alicyclic amines) is 2. The topological polar surface area (TPSA) is 51.2 Å². The van der Waals surface area contributed by atoms with Gasteiger partial charge < -0.3 is 19.1 Å². The van der Waals surface area contributed by atoms with Gasteiger partial charge in [-0.1, -0.05) is 24.3 Å². The Labute approximate surface area is 208 Å². The molecule has 2 heterocycles. The van der Waals surface area contributed by atoms with Crippen molar-refractivity contribution in [3.63, 3.8) is 0 Å². The minimum atomic E-state index is -0.408. The van der Waals surface area contributed by atoms with Crippen LogP contribution in [0.2, 0.25) is 0 Å². The van der Waals surface area contributed by atoms with Crippen molar-refractivity contribution in [2.75, 3.05) is 46.5 Å². The molecule has 0 radical (unpaired) electrons. The molecule has 0 aromatic heterocycles. The Kier molecular flexibility index (Phi) is 8.99. The maximum atomic E-state index is 14.0. The zero-order chi connectivity index (χ0) is 24.5. The summed E-state index contributed by atoms with van der Waals surface area (Å²) in [6.07, 6.45) is 5.22. The summed E-state index contributed by atoms with van der Waals surface area (Å²) in [7, 11) is 1.72. The number of ether oxygens (including phenoxy) is 3. The van der Waals surface area contributed by atoms with Gasteiger partial charge in [0.15, 0.2) is 11.6 Å². The van der Waals surface area contributed by atoms with Crippen molar-refractivity contribution >= 4 is 5.91 Å². The Morgan fingerprint density at radius 2 is 1.80 bits per heavy atom. The van der Waals surface area contributed by atoms with Gasteiger partial charge in [0, 0.05) is 39.7 Å². The van der Waals surface area contributed by atoms with Gasteiger partial charge in [-0.15, -0.1) is 0 Å². The maximum absolute atomic E-state index is 14.0. The van der Waals surface area contributed by atoms with Crippen LogP contribution in [-0.4, -0.2) is 67.8 Å². The highest BCUT2D eigenvalue weighted by molar-refractivity contribution is 5.77. The van der Waals surface area contributed by atoms with E-state index >= 15 is 0 Å². The minimum Gasteiger partial charge on any atom is -0.494 e. The van der Waals surface area contributed by atoms with Gasteiger partial charge in [0.05, 0.1) is 6.61 Å². The fourth-order valence-electron chi connectivity index (χ4n) is 4.90. The van der Waals surface area contributed by atoms with E-state index in [-0.39, 0.29) is 17.5 Å². The first-order chi connectivity index (χ1) is 17.1. The second-order valence-electron chi connectivity index (χ2n) is 9.57. The van der Waals surface area contributed by atoms with E-state index in [1.165, 1.54) is 11.6 Å². The number of rotatable bonds is 11. The summed E-state index contributed by atoms with van der Waals surface area (Å²) >= 11 is 0. The molecule has 1 amide bonds. The highest BCUT2D eigenvalue weighted by Gasteiger charge is 2.34. The third-order valence-electron chi connectivity index (χ3n) is 7.09. The molecule has 35 heavy (non-hydrogen) atoms. The molecule has 4 rings (SSSR count). The van der Waals surface area contributed by atoms with Crippen molar-refractivity contribution in [2.45, 2.75) is 50.7 Å². The molecule has 0 saturated carbocycles. The van der Waals surface area contributed by atoms with Crippen LogP contribution in [0.5, 0.6) is 11.5 Å². The lowest BCUT2D eigenvalue weighted by atomic mass is 9.95. The van der Waals surface area contributed by atoms with Crippen LogP contribution < -0.4 is 9.47 Å². The van der Waals surface area contributed by atoms with Crippen molar-refractivity contribution in [1.82, 2.24) is 9.80 Å². The minimum absolute atomic E-state index is 0.267. The van der Waals surface area contributed by atoms with Crippen LogP contribution >= 0.6 is 0 Å². The summed E-state index contributed by atoms with van der Waals surface area (Å²) in [6, 6.07) is 14.8. The highest BCUT2D eigenvalue weighted by Crippen LogP contribution is 2.29. The first-order valence-corrected chi connectivity index (χ1v) is 12.7. The summed E-state index contributed by atoms with van der Waals surface area (Å²) in [5, 5.41) is 0. The summed E-state index contributed by atoms with van der Waals surface area (Å²) in [5.41, 5.74) is 0.835. The van der Waals surface area contributed by atoms with Gasteiger partial charge in [0.1, 0.15) is 18.0 Å². The number of nitrogens with zero attached hydrogens (tertiary/aromatic N) is 2. The summed E-state index contributed by atoms with van der Waals surface area (Å²) < 4.78 is 31.5. The van der Waals surface area contributed by atoms with E-state index in [0.29, 0.717) is 19.6 Å². The molecule has 0 N–H and O–H groups in total. The van der Waals surface area contributed by atoms with Crippen LogP contribution in [0.25, 0.3) is 0 Å². The molecule has 2 saturated heterocycles. The first-order valence-electron chi connectivity index (χ1n) is 12.7. The third-order valence-corrected chi connectivity index (χ3v) is 7.09. The van der Waals surface area contributed by atoms with Crippen LogP contribution in [0.1, 0.15) is 44.1 Å². The first kappa shape index (κ1) is 25.5. The van der Waals surface area contributed by atoms with Crippen molar-refractivity contribution in [3.05, 3.63) is 59.9 Å². The zero-order valence-corrected chi connectivity index (χ0v) is 20.7. The molecule has 0 unspecified atom stereocenters. The fraction of sp³-hybridized carbons (Fsp3) is 0.536. The Morgan fingerprint density at radius 1 is 0.971 bits per heavy atom. The molecule has 2 aromatic rings. The van der Waals surface area contributed by atoms with Crippen LogP contribution in [0.15, 0.2) is 48.5 Å². The largest absolute Gasteiger partial charge is 0.494 e. The number of benzene rings is 2. The second-order valence-corrected chi connectivity index (χ2v) is 9.57. The van der Waals surface area contributed by atoms with E-state index in [9.17, 15) is 9.18 Å². The summed E-state index contributed by atoms with van der Waals surface area (Å²) in [4.78, 5) is 16.0. The Balaban J connectivity index is 1.21. The molecule has 1 atom stereocenters. The van der Waals surface area contributed by atoms with Gasteiger partial charge in [-0.3, -0.25) is 9.69 Å². The van der Waals surface area contributed by atoms with Crippen molar-refractivity contribution in [1.29, 1.82) is 0 Å². The zero-order valence-electron chi connectivity index (χ0n) is 20.7. The van der Waals surface area contributed by atoms with E-state index in [2.05, 4.69) is 17.0 Å². The van der Waals surface area contributed by atoms with Crippen LogP contribution in [0.4, 0.5) is 4.39 Å². The molecule has 2 aromatic carbocycles. The molecule has 6 nitrogen and oxygen atoms in total. The van der Waals surface area contributed by atoms with Gasteiger partial charge in [-0.05, 0) is 68.5 Å². The number of para-hydroxylation sites is 1. The molecular weight excluding hydrogens is 447 g/mol. The molecule has 0 spiro atoms. The lowest BCUT2D eigenvalue weighted by Crippen LogP contribution is -2.39. The number of methoxy groups -OCH3 is 1. The number of carbonyl (C=O) groups is 1. The lowest BCUT2D eigenvalue weighted by molar-refractivity contribution is -0.127. The number of amides is 1. The predicted octanol–water partition coefficient (Wildman–Crippen LogP) is 4.67. The monoisotopic (exact) mass is 484 g/mol. The number of carbonyl (C=O) groups excluding carboxylic acids is 1. The average Bonchev–Trinajstić information content (AvgIpc) is 3.18. The molecule has 2 aliphatic heterocycles. The Hall–Kier alpha value is -2.64. The third kappa shape index (κ3) is 7.18. The molecule has 0 aliphatic carbocycles. The molecular formula is C28H37FN2O4. The second kappa shape index (κ2) is 12.4. The maximum Gasteiger partial charge on any atom is 0.222 e. The SMILES string of the molecule is CO[C@]1(COc2ccccc2F)CCCN(Cc2ccc(OCCCN3CCCC3=O)cc2)CC1. The molecule has 190 valence electrons. The van der Waals surface area contributed by atoms with E-state index < -0.39 is 5.60 Å². The van der Waals surface area contributed by atoms with Gasteiger partial charge in [0.2, 0.25) is 5.91 Å². The normalized spacial score (nSPS) is 21.2. The number of halogens is 1. The van der Waals surface area contributed by atoms with E-state index in [4.69, 9.17) is 14.2 Å². The van der Waals surface area contributed by atoms with Gasteiger partial charge in [-0.25, -0.2) is 4.39 Å². The quantitative estimate of drug-likeness (QED) is 0.434. The molecule has 7 heteroatoms. The highest BCUT2D eigenvalue weighted by atomic mass is 19.1. The average molecular weight is 485 g/mol. The lowest BCUT2D eigenvalue weighted by Gasteiger charge is -2.31. The van der Waals surface area contributed by atoms with Crippen LogP contribution in [-0.2, 0) is 16.1 Å². The summed E-state index contributed by atoms with van der Waals surface area (Å²) in [6.45, 7) is 5.36. The Morgan fingerprint density at radius 3 is 2.54 bits per heavy atom. The van der Waals surface area contributed by atoms with Crippen molar-refractivity contribution in [3.8, 4) is 11.5 Å². The van der Waals surface area contributed by atoms with Crippen LogP contribution in [0, 0.1) is 5.82 Å². The van der Waals surface area contributed by atoms with Crippen molar-refractivity contribution < 1.29 is 23.4 Å². The molecule has 0 bridgehead atoms. The van der Waals surface area contributed by atoms with E-state index in [1.807, 2.05) is 17.0 Å². The standard InChI is InChI=1S/C28H37FN2O4/c1-33-28(22-35-26-8-3-2-7-25(26)29)14-5-16-30(19-15-28)21-23-10-12-24(13-11-23)34-20-6-18-31-17-4-9-27(31)32/h2-3,7-8,10-13H,4-6,9,14-22H2,1H3/t28-/m1/s1. The predicted molar refractivity (Wildman–Crippen MR) is 133 cm³/mol. The smallest absolute Gasteiger partial charge is 0.222 e. The van der Waals surface area contributed by atoms with Gasteiger partial charge in [-0.2, -0.15) is 0 Å². The summed E-state index contributed by atoms with van der Waals surface area (Å²) in [5.74, 6) is 1.06. The van der Waals surface area contributed by atoms with Gasteiger partial charge in [0.25, 0.3) is 0 Å². The molecule has 2 aliphatic rings. The van der Waals surface area contributed by atoms with E-state index in [1.54, 1.807) is 25.3 Å². The van der Waals surface area contributed by atoms with Gasteiger partial charge >= 0.3 is 0 Å². The fourth-order valence-corrected chi connectivity index (χ4v) is 4.90. The van der Waals surface area contributed by atoms with E-state index in [0.717, 1.165) is 70.6 Å². The number of hydrogen-bond acceptors (Lipinski definition) is 5.